The van der Waals surface area contributed by atoms with Gasteiger partial charge in [-0.15, -0.1) is 0 Å². The lowest BCUT2D eigenvalue weighted by Gasteiger charge is -2.39. The molecule has 3 rings (SSSR count). The largest absolute Gasteiger partial charge is 0.497 e. The molecule has 0 radical (unpaired) electrons. The van der Waals surface area contributed by atoms with E-state index in [1.165, 1.54) is 11.2 Å². The number of carbonyl (C=O) groups excluding carboxylic acids is 1. The quantitative estimate of drug-likeness (QED) is 0.805. The zero-order chi connectivity index (χ0) is 21.2. The van der Waals surface area contributed by atoms with Crippen LogP contribution in [0.2, 0.25) is 0 Å². The third-order valence-electron chi connectivity index (χ3n) is 5.40. The van der Waals surface area contributed by atoms with E-state index in [0.29, 0.717) is 35.8 Å². The number of ether oxygens (including phenoxy) is 2. The molecule has 156 valence electrons. The average molecular weight is 419 g/mol. The molecule has 1 saturated heterocycles. The number of amides is 1. The maximum absolute atomic E-state index is 13.4. The van der Waals surface area contributed by atoms with Crippen LogP contribution in [-0.2, 0) is 14.8 Å². The summed E-state index contributed by atoms with van der Waals surface area (Å²) in [4.78, 5) is 13.1. The molecule has 1 aliphatic rings. The number of methoxy groups -OCH3 is 2. The summed E-state index contributed by atoms with van der Waals surface area (Å²) >= 11 is 0. The van der Waals surface area contributed by atoms with Crippen LogP contribution in [0.25, 0.3) is 0 Å². The van der Waals surface area contributed by atoms with Crippen molar-refractivity contribution in [3.63, 3.8) is 0 Å². The van der Waals surface area contributed by atoms with Crippen molar-refractivity contribution in [2.24, 2.45) is 0 Å². The van der Waals surface area contributed by atoms with E-state index in [4.69, 9.17) is 9.47 Å². The Labute approximate surface area is 171 Å². The van der Waals surface area contributed by atoms with Gasteiger partial charge in [-0.25, -0.2) is 8.42 Å². The van der Waals surface area contributed by atoms with Crippen molar-refractivity contribution in [1.29, 1.82) is 0 Å². The molecule has 1 fully saturated rings. The van der Waals surface area contributed by atoms with Crippen LogP contribution >= 0.6 is 0 Å². The molecule has 1 atom stereocenters. The number of benzene rings is 2. The second kappa shape index (κ2) is 7.94. The second-order valence-corrected chi connectivity index (χ2v) is 9.54. The first-order chi connectivity index (χ1) is 13.7. The smallest absolute Gasteiger partial charge is 0.249 e. The lowest BCUT2D eigenvalue weighted by molar-refractivity contribution is -0.118. The van der Waals surface area contributed by atoms with Gasteiger partial charge in [0.05, 0.1) is 19.9 Å². The first-order valence-electron chi connectivity index (χ1n) is 9.35. The third-order valence-corrected chi connectivity index (χ3v) is 7.90. The van der Waals surface area contributed by atoms with E-state index in [1.807, 2.05) is 6.92 Å². The summed E-state index contributed by atoms with van der Waals surface area (Å²) in [6.07, 6.45) is 0.833. The number of sulfonamides is 1. The van der Waals surface area contributed by atoms with Crippen LogP contribution in [0.1, 0.15) is 25.3 Å². The van der Waals surface area contributed by atoms with Crippen molar-refractivity contribution < 1.29 is 22.7 Å². The minimum atomic E-state index is -3.93. The molecular formula is C21H26N2O5S. The van der Waals surface area contributed by atoms with Gasteiger partial charge >= 0.3 is 0 Å². The van der Waals surface area contributed by atoms with E-state index >= 15 is 0 Å². The lowest BCUT2D eigenvalue weighted by Crippen LogP contribution is -2.57. The molecule has 2 aromatic carbocycles. The van der Waals surface area contributed by atoms with Gasteiger partial charge in [0.15, 0.2) is 4.75 Å². The SMILES string of the molecule is COc1ccc(N2CCC[C@](C)(C(=O)Nc3ccc(OC)cc3C)S2(=O)=O)cc1. The molecule has 29 heavy (non-hydrogen) atoms. The standard InChI is InChI=1S/C21H26N2O5S/c1-15-14-18(28-4)10-11-19(15)22-20(24)21(2)12-5-13-23(29(21,25)26)16-6-8-17(27-3)9-7-16/h6-11,14H,5,12-13H2,1-4H3,(H,22,24)/t21-/m1/s1. The highest BCUT2D eigenvalue weighted by Gasteiger charge is 2.52. The van der Waals surface area contributed by atoms with Crippen molar-refractivity contribution in [2.75, 3.05) is 30.4 Å². The second-order valence-electron chi connectivity index (χ2n) is 7.24. The van der Waals surface area contributed by atoms with Gasteiger partial charge in [-0.3, -0.25) is 9.10 Å². The van der Waals surface area contributed by atoms with Gasteiger partial charge in [0.25, 0.3) is 0 Å². The first kappa shape index (κ1) is 21.0. The molecule has 1 N–H and O–H groups in total. The highest BCUT2D eigenvalue weighted by Crippen LogP contribution is 2.37. The van der Waals surface area contributed by atoms with Gasteiger partial charge in [0.2, 0.25) is 15.9 Å². The predicted octanol–water partition coefficient (Wildman–Crippen LogP) is 3.34. The Kier molecular flexibility index (Phi) is 5.75. The van der Waals surface area contributed by atoms with Crippen molar-refractivity contribution in [1.82, 2.24) is 0 Å². The Hall–Kier alpha value is -2.74. The van der Waals surface area contributed by atoms with Crippen LogP contribution in [0.4, 0.5) is 11.4 Å². The summed E-state index contributed by atoms with van der Waals surface area (Å²) in [6, 6.07) is 12.0. The average Bonchev–Trinajstić information content (AvgIpc) is 2.71. The minimum absolute atomic E-state index is 0.253. The van der Waals surface area contributed by atoms with Gasteiger partial charge in [0.1, 0.15) is 11.5 Å². The predicted molar refractivity (Wildman–Crippen MR) is 113 cm³/mol. The van der Waals surface area contributed by atoms with Gasteiger partial charge < -0.3 is 14.8 Å². The number of aryl methyl sites for hydroxylation is 1. The fourth-order valence-electron chi connectivity index (χ4n) is 3.46. The normalized spacial score (nSPS) is 20.8. The van der Waals surface area contributed by atoms with Crippen LogP contribution in [0, 0.1) is 6.92 Å². The zero-order valence-corrected chi connectivity index (χ0v) is 17.9. The topological polar surface area (TPSA) is 84.9 Å². The van der Waals surface area contributed by atoms with E-state index in [9.17, 15) is 13.2 Å². The number of nitrogens with zero attached hydrogens (tertiary/aromatic N) is 1. The van der Waals surface area contributed by atoms with Crippen LogP contribution in [-0.4, -0.2) is 39.8 Å². The summed E-state index contributed by atoms with van der Waals surface area (Å²) in [6.45, 7) is 3.66. The number of rotatable bonds is 5. The molecule has 0 aromatic heterocycles. The summed E-state index contributed by atoms with van der Waals surface area (Å²) in [5.74, 6) is 0.769. The number of carbonyl (C=O) groups is 1. The maximum Gasteiger partial charge on any atom is 0.249 e. The fraction of sp³-hybridized carbons (Fsp3) is 0.381. The summed E-state index contributed by atoms with van der Waals surface area (Å²) < 4.78 is 36.9. The summed E-state index contributed by atoms with van der Waals surface area (Å²) in [7, 11) is -0.809. The molecule has 7 nitrogen and oxygen atoms in total. The maximum atomic E-state index is 13.4. The van der Waals surface area contributed by atoms with Gasteiger partial charge in [-0.2, -0.15) is 0 Å². The molecule has 1 aliphatic heterocycles. The molecule has 0 unspecified atom stereocenters. The van der Waals surface area contributed by atoms with E-state index in [-0.39, 0.29) is 6.42 Å². The Balaban J connectivity index is 1.89. The monoisotopic (exact) mass is 418 g/mol. The first-order valence-corrected chi connectivity index (χ1v) is 10.8. The molecule has 0 spiro atoms. The molecule has 8 heteroatoms. The van der Waals surface area contributed by atoms with E-state index in [0.717, 1.165) is 5.56 Å². The van der Waals surface area contributed by atoms with E-state index < -0.39 is 20.7 Å². The van der Waals surface area contributed by atoms with Crippen molar-refractivity contribution >= 4 is 27.3 Å². The highest BCUT2D eigenvalue weighted by atomic mass is 32.2. The van der Waals surface area contributed by atoms with Crippen molar-refractivity contribution in [3.05, 3.63) is 48.0 Å². The molecule has 1 amide bonds. The Morgan fingerprint density at radius 2 is 1.69 bits per heavy atom. The van der Waals surface area contributed by atoms with Crippen LogP contribution in [0.15, 0.2) is 42.5 Å². The van der Waals surface area contributed by atoms with Crippen LogP contribution < -0.4 is 19.1 Å². The van der Waals surface area contributed by atoms with E-state index in [2.05, 4.69) is 5.32 Å². The molecule has 0 saturated carbocycles. The lowest BCUT2D eigenvalue weighted by atomic mass is 10.0. The molecule has 0 bridgehead atoms. The highest BCUT2D eigenvalue weighted by molar-refractivity contribution is 7.95. The van der Waals surface area contributed by atoms with Gasteiger partial charge in [-0.1, -0.05) is 0 Å². The van der Waals surface area contributed by atoms with Crippen LogP contribution in [0.3, 0.4) is 0 Å². The summed E-state index contributed by atoms with van der Waals surface area (Å²) in [5, 5.41) is 2.80. The number of anilines is 2. The Morgan fingerprint density at radius 3 is 2.28 bits per heavy atom. The Morgan fingerprint density at radius 1 is 1.07 bits per heavy atom. The van der Waals surface area contributed by atoms with Gasteiger partial charge in [-0.05, 0) is 74.7 Å². The van der Waals surface area contributed by atoms with E-state index in [1.54, 1.807) is 56.7 Å². The number of nitrogens with one attached hydrogen (secondary N) is 1. The number of hydrogen-bond acceptors (Lipinski definition) is 5. The fourth-order valence-corrected chi connectivity index (χ4v) is 5.40. The molecule has 1 heterocycles. The zero-order valence-electron chi connectivity index (χ0n) is 17.1. The Bertz CT molecular complexity index is 1000. The minimum Gasteiger partial charge on any atom is -0.497 e. The summed E-state index contributed by atoms with van der Waals surface area (Å²) in [5.41, 5.74) is 1.88. The molecular weight excluding hydrogens is 392 g/mol. The van der Waals surface area contributed by atoms with Crippen molar-refractivity contribution in [2.45, 2.75) is 31.4 Å². The molecule has 2 aromatic rings. The van der Waals surface area contributed by atoms with Crippen molar-refractivity contribution in [3.8, 4) is 11.5 Å². The molecule has 0 aliphatic carbocycles. The van der Waals surface area contributed by atoms with Gasteiger partial charge in [0, 0.05) is 12.2 Å². The number of hydrogen-bond donors (Lipinski definition) is 1. The third kappa shape index (κ3) is 3.76. The van der Waals surface area contributed by atoms with Crippen LogP contribution in [0.5, 0.6) is 11.5 Å².